The molecule has 2 amide bonds. The van der Waals surface area contributed by atoms with Gasteiger partial charge >= 0.3 is 0 Å². The van der Waals surface area contributed by atoms with Gasteiger partial charge < -0.3 is 10.1 Å². The number of hydroxylamine groups is 1. The number of rotatable bonds is 6. The van der Waals surface area contributed by atoms with E-state index >= 15 is 0 Å². The molecule has 0 unspecified atom stereocenters. The number of nitrogens with one attached hydrogen (secondary N) is 2. The number of anilines is 1. The van der Waals surface area contributed by atoms with Gasteiger partial charge in [0.25, 0.3) is 11.8 Å². The quantitative estimate of drug-likeness (QED) is 0.357. The van der Waals surface area contributed by atoms with Gasteiger partial charge in [0.05, 0.1) is 0 Å². The number of aryl methyl sites for hydroxylation is 1. The average molecular weight is 445 g/mol. The maximum absolute atomic E-state index is 12.7. The first-order valence-corrected chi connectivity index (χ1v) is 9.67. The van der Waals surface area contributed by atoms with Crippen molar-refractivity contribution < 1.29 is 19.5 Å². The molecular weight excluding hydrogens is 427 g/mol. The highest BCUT2D eigenvalue weighted by atomic mass is 35.5. The molecule has 0 atom stereocenters. The molecule has 0 saturated carbocycles. The molecule has 0 aromatic heterocycles. The Labute approximate surface area is 183 Å². The summed E-state index contributed by atoms with van der Waals surface area (Å²) in [5.41, 5.74) is 4.03. The zero-order valence-corrected chi connectivity index (χ0v) is 17.4. The van der Waals surface area contributed by atoms with E-state index in [-0.39, 0.29) is 18.1 Å². The number of halogens is 2. The lowest BCUT2D eigenvalue weighted by atomic mass is 10.1. The Balaban J connectivity index is 1.74. The van der Waals surface area contributed by atoms with Gasteiger partial charge in [-0.25, -0.2) is 5.48 Å². The van der Waals surface area contributed by atoms with Gasteiger partial charge in [-0.1, -0.05) is 41.4 Å². The fraction of sp³-hybridized carbons (Fsp3) is 0.0909. The summed E-state index contributed by atoms with van der Waals surface area (Å²) >= 11 is 12.3. The molecular formula is C22H18Cl2N2O4. The van der Waals surface area contributed by atoms with Gasteiger partial charge in [-0.2, -0.15) is 0 Å². The fourth-order valence-corrected chi connectivity index (χ4v) is 3.22. The van der Waals surface area contributed by atoms with Crippen molar-refractivity contribution in [1.29, 1.82) is 0 Å². The van der Waals surface area contributed by atoms with Crippen molar-refractivity contribution in [2.24, 2.45) is 0 Å². The number of hydrogen-bond acceptors (Lipinski definition) is 4. The van der Waals surface area contributed by atoms with E-state index in [1.54, 1.807) is 67.0 Å². The van der Waals surface area contributed by atoms with E-state index in [0.29, 0.717) is 32.6 Å². The highest BCUT2D eigenvalue weighted by molar-refractivity contribution is 6.35. The minimum absolute atomic E-state index is 0.154. The fourth-order valence-electron chi connectivity index (χ4n) is 2.71. The third kappa shape index (κ3) is 5.10. The van der Waals surface area contributed by atoms with Crippen LogP contribution in [0.5, 0.6) is 5.75 Å². The third-order valence-corrected chi connectivity index (χ3v) is 5.10. The molecule has 0 saturated heterocycles. The van der Waals surface area contributed by atoms with Gasteiger partial charge in [-0.05, 0) is 55.0 Å². The lowest BCUT2D eigenvalue weighted by Crippen LogP contribution is -2.19. The van der Waals surface area contributed by atoms with Crippen LogP contribution in [0.25, 0.3) is 0 Å². The van der Waals surface area contributed by atoms with Crippen molar-refractivity contribution >= 4 is 40.7 Å². The molecule has 8 heteroatoms. The number of benzene rings is 3. The zero-order chi connectivity index (χ0) is 21.7. The summed E-state index contributed by atoms with van der Waals surface area (Å²) in [4.78, 5) is 24.3. The second kappa shape index (κ2) is 9.63. The first kappa shape index (κ1) is 21.6. The van der Waals surface area contributed by atoms with E-state index < -0.39 is 5.91 Å². The summed E-state index contributed by atoms with van der Waals surface area (Å²) in [5, 5.41) is 12.6. The van der Waals surface area contributed by atoms with Gasteiger partial charge in [0.15, 0.2) is 0 Å². The Hall–Kier alpha value is -3.06. The second-order valence-corrected chi connectivity index (χ2v) is 7.26. The Morgan fingerprint density at radius 2 is 1.60 bits per heavy atom. The van der Waals surface area contributed by atoms with Crippen LogP contribution in [0.15, 0.2) is 60.7 Å². The molecule has 0 fully saturated rings. The molecule has 3 N–H and O–H groups in total. The summed E-state index contributed by atoms with van der Waals surface area (Å²) in [6.45, 7) is 1.95. The lowest BCUT2D eigenvalue weighted by Gasteiger charge is -2.12. The molecule has 3 aromatic carbocycles. The summed E-state index contributed by atoms with van der Waals surface area (Å²) < 4.78 is 5.75. The summed E-state index contributed by atoms with van der Waals surface area (Å²) in [7, 11) is 0. The molecule has 0 bridgehead atoms. The van der Waals surface area contributed by atoms with Crippen LogP contribution in [0.1, 0.15) is 31.8 Å². The van der Waals surface area contributed by atoms with E-state index in [9.17, 15) is 9.59 Å². The predicted molar refractivity (Wildman–Crippen MR) is 116 cm³/mol. The van der Waals surface area contributed by atoms with Crippen molar-refractivity contribution in [2.75, 3.05) is 5.32 Å². The normalized spacial score (nSPS) is 10.4. The smallest absolute Gasteiger partial charge is 0.274 e. The lowest BCUT2D eigenvalue weighted by molar-refractivity contribution is 0.0706. The number of carbonyl (C=O) groups is 2. The van der Waals surface area contributed by atoms with E-state index in [1.165, 1.54) is 6.07 Å². The van der Waals surface area contributed by atoms with Crippen LogP contribution in [0, 0.1) is 6.92 Å². The molecule has 30 heavy (non-hydrogen) atoms. The van der Waals surface area contributed by atoms with Gasteiger partial charge in [-0.3, -0.25) is 14.8 Å². The molecule has 3 rings (SSSR count). The van der Waals surface area contributed by atoms with Crippen molar-refractivity contribution in [3.8, 4) is 5.75 Å². The SMILES string of the molecule is Cc1ccc(C(=O)NO)cc1NC(=O)c1cccc(OCc2c(Cl)cccc2Cl)c1. The van der Waals surface area contributed by atoms with Gasteiger partial charge in [-0.15, -0.1) is 0 Å². The van der Waals surface area contributed by atoms with E-state index in [0.717, 1.165) is 5.56 Å². The summed E-state index contributed by atoms with van der Waals surface area (Å²) in [5.74, 6) is -0.566. The minimum atomic E-state index is -0.667. The van der Waals surface area contributed by atoms with Gasteiger partial charge in [0, 0.05) is 32.4 Å². The Morgan fingerprint density at radius 3 is 2.30 bits per heavy atom. The van der Waals surface area contributed by atoms with E-state index in [1.807, 2.05) is 0 Å². The molecule has 0 radical (unpaired) electrons. The molecule has 154 valence electrons. The molecule has 6 nitrogen and oxygen atoms in total. The number of amides is 2. The van der Waals surface area contributed by atoms with Crippen LogP contribution in [-0.4, -0.2) is 17.0 Å². The van der Waals surface area contributed by atoms with E-state index in [4.69, 9.17) is 33.1 Å². The molecule has 0 aliphatic heterocycles. The number of ether oxygens (including phenoxy) is 1. The Morgan fingerprint density at radius 1 is 0.933 bits per heavy atom. The monoisotopic (exact) mass is 444 g/mol. The standard InChI is InChI=1S/C22H18Cl2N2O4/c1-13-8-9-15(22(28)26-29)11-20(13)25-21(27)14-4-2-5-16(10-14)30-12-17-18(23)6-3-7-19(17)24/h2-11,29H,12H2,1H3,(H,25,27)(H,26,28). The van der Waals surface area contributed by atoms with Gasteiger partial charge in [0.1, 0.15) is 12.4 Å². The first-order chi connectivity index (χ1) is 14.4. The number of hydrogen-bond donors (Lipinski definition) is 3. The van der Waals surface area contributed by atoms with E-state index in [2.05, 4.69) is 5.32 Å². The minimum Gasteiger partial charge on any atom is -0.489 e. The summed E-state index contributed by atoms with van der Waals surface area (Å²) in [6, 6.07) is 16.6. The summed E-state index contributed by atoms with van der Waals surface area (Å²) in [6.07, 6.45) is 0. The van der Waals surface area contributed by atoms with Crippen LogP contribution in [0.2, 0.25) is 10.0 Å². The maximum atomic E-state index is 12.7. The third-order valence-electron chi connectivity index (χ3n) is 4.39. The second-order valence-electron chi connectivity index (χ2n) is 6.44. The van der Waals surface area contributed by atoms with Crippen LogP contribution < -0.4 is 15.5 Å². The van der Waals surface area contributed by atoms with Crippen molar-refractivity contribution in [3.05, 3.63) is 93.0 Å². The van der Waals surface area contributed by atoms with Crippen molar-refractivity contribution in [2.45, 2.75) is 13.5 Å². The molecule has 0 spiro atoms. The van der Waals surface area contributed by atoms with Crippen LogP contribution in [0.4, 0.5) is 5.69 Å². The first-order valence-electron chi connectivity index (χ1n) is 8.91. The van der Waals surface area contributed by atoms with Crippen LogP contribution in [0.3, 0.4) is 0 Å². The maximum Gasteiger partial charge on any atom is 0.274 e. The highest BCUT2D eigenvalue weighted by Crippen LogP contribution is 2.26. The van der Waals surface area contributed by atoms with Crippen molar-refractivity contribution in [1.82, 2.24) is 5.48 Å². The predicted octanol–water partition coefficient (Wildman–Crippen LogP) is 5.25. The average Bonchev–Trinajstić information content (AvgIpc) is 2.74. The number of carbonyl (C=O) groups excluding carboxylic acids is 2. The molecule has 3 aromatic rings. The molecule has 0 aliphatic carbocycles. The van der Waals surface area contributed by atoms with Crippen molar-refractivity contribution in [3.63, 3.8) is 0 Å². The van der Waals surface area contributed by atoms with Crippen LogP contribution >= 0.6 is 23.2 Å². The Bertz CT molecular complexity index is 1080. The molecule has 0 heterocycles. The van der Waals surface area contributed by atoms with Gasteiger partial charge in [0.2, 0.25) is 0 Å². The largest absolute Gasteiger partial charge is 0.489 e. The topological polar surface area (TPSA) is 87.7 Å². The highest BCUT2D eigenvalue weighted by Gasteiger charge is 2.12. The molecule has 0 aliphatic rings. The Kier molecular flexibility index (Phi) is 6.95. The van der Waals surface area contributed by atoms with Crippen LogP contribution in [-0.2, 0) is 6.61 Å². The zero-order valence-electron chi connectivity index (χ0n) is 15.9.